The molecule has 0 bridgehead atoms. The minimum Gasteiger partial charge on any atom is -0.408 e. The third-order valence-electron chi connectivity index (χ3n) is 3.69. The summed E-state index contributed by atoms with van der Waals surface area (Å²) in [7, 11) is 1.67. The van der Waals surface area contributed by atoms with E-state index in [2.05, 4.69) is 5.32 Å². The van der Waals surface area contributed by atoms with Gasteiger partial charge in [-0.2, -0.15) is 0 Å². The van der Waals surface area contributed by atoms with Crippen LogP contribution in [0.1, 0.15) is 18.4 Å². The molecular weight excluding hydrogens is 232 g/mol. The Labute approximate surface area is 104 Å². The zero-order chi connectivity index (χ0) is 12.8. The molecule has 1 aliphatic heterocycles. The molecule has 96 valence electrons. The van der Waals surface area contributed by atoms with E-state index in [9.17, 15) is 9.90 Å². The third kappa shape index (κ3) is 1.67. The predicted molar refractivity (Wildman–Crippen MR) is 67.5 cm³/mol. The number of aliphatic hydroxyl groups is 1. The van der Waals surface area contributed by atoms with Gasteiger partial charge in [-0.3, -0.25) is 4.57 Å². The van der Waals surface area contributed by atoms with E-state index < -0.39 is 5.60 Å². The Morgan fingerprint density at radius 3 is 3.06 bits per heavy atom. The number of aryl methyl sites for hydroxylation is 1. The summed E-state index contributed by atoms with van der Waals surface area (Å²) in [6, 6.07) is 5.45. The van der Waals surface area contributed by atoms with Crippen LogP contribution in [0.15, 0.2) is 27.4 Å². The lowest BCUT2D eigenvalue weighted by Crippen LogP contribution is -2.43. The highest BCUT2D eigenvalue weighted by Crippen LogP contribution is 2.30. The van der Waals surface area contributed by atoms with Gasteiger partial charge in [-0.05, 0) is 37.1 Å². The van der Waals surface area contributed by atoms with Crippen LogP contribution in [0, 0.1) is 0 Å². The predicted octanol–water partition coefficient (Wildman–Crippen LogP) is 0.702. The number of hydrogen-bond acceptors (Lipinski definition) is 4. The van der Waals surface area contributed by atoms with Crippen molar-refractivity contribution in [1.29, 1.82) is 0 Å². The number of hydrogen-bond donors (Lipinski definition) is 2. The van der Waals surface area contributed by atoms with Crippen LogP contribution < -0.4 is 11.1 Å². The maximum Gasteiger partial charge on any atom is 0.419 e. The van der Waals surface area contributed by atoms with Crippen LogP contribution in [0.2, 0.25) is 0 Å². The molecule has 1 unspecified atom stereocenters. The summed E-state index contributed by atoms with van der Waals surface area (Å²) in [4.78, 5) is 11.4. The largest absolute Gasteiger partial charge is 0.419 e. The standard InChI is InChI=1S/C13H16N2O3/c1-15-10-4-3-9(7-11(10)18-12(15)16)13(17)5-2-6-14-8-13/h3-4,7,14,17H,2,5-6,8H2,1H3. The summed E-state index contributed by atoms with van der Waals surface area (Å²) >= 11 is 0. The summed E-state index contributed by atoms with van der Waals surface area (Å²) in [5.74, 6) is -0.379. The van der Waals surface area contributed by atoms with E-state index in [4.69, 9.17) is 4.42 Å². The second kappa shape index (κ2) is 3.96. The minimum atomic E-state index is -0.860. The summed E-state index contributed by atoms with van der Waals surface area (Å²) < 4.78 is 6.61. The van der Waals surface area contributed by atoms with Gasteiger partial charge in [0, 0.05) is 13.6 Å². The van der Waals surface area contributed by atoms with Gasteiger partial charge in [0.15, 0.2) is 5.58 Å². The summed E-state index contributed by atoms with van der Waals surface area (Å²) in [6.07, 6.45) is 1.66. The molecular formula is C13H16N2O3. The first-order valence-corrected chi connectivity index (χ1v) is 6.13. The SMILES string of the molecule is Cn1c(=O)oc2cc(C3(O)CCCNC3)ccc21. The van der Waals surface area contributed by atoms with Gasteiger partial charge in [0.05, 0.1) is 5.52 Å². The van der Waals surface area contributed by atoms with E-state index in [1.165, 1.54) is 4.57 Å². The fraction of sp³-hybridized carbons (Fsp3) is 0.462. The summed E-state index contributed by atoms with van der Waals surface area (Å²) in [6.45, 7) is 1.47. The van der Waals surface area contributed by atoms with Crippen LogP contribution in [0.25, 0.3) is 11.1 Å². The quantitative estimate of drug-likeness (QED) is 0.779. The van der Waals surface area contributed by atoms with Crippen LogP contribution in [0.5, 0.6) is 0 Å². The normalized spacial score (nSPS) is 24.6. The smallest absolute Gasteiger partial charge is 0.408 e. The van der Waals surface area contributed by atoms with Crippen LogP contribution in [0.3, 0.4) is 0 Å². The van der Waals surface area contributed by atoms with E-state index in [-0.39, 0.29) is 5.76 Å². The lowest BCUT2D eigenvalue weighted by molar-refractivity contribution is 0.0123. The summed E-state index contributed by atoms with van der Waals surface area (Å²) in [5.41, 5.74) is 1.22. The Morgan fingerprint density at radius 1 is 1.50 bits per heavy atom. The van der Waals surface area contributed by atoms with Gasteiger partial charge in [0.2, 0.25) is 0 Å². The van der Waals surface area contributed by atoms with Crippen molar-refractivity contribution in [2.24, 2.45) is 7.05 Å². The maximum atomic E-state index is 11.4. The first-order valence-electron chi connectivity index (χ1n) is 6.13. The average Bonchev–Trinajstić information content (AvgIpc) is 2.66. The van der Waals surface area contributed by atoms with Crippen molar-refractivity contribution < 1.29 is 9.52 Å². The van der Waals surface area contributed by atoms with Crippen molar-refractivity contribution in [2.45, 2.75) is 18.4 Å². The molecule has 3 rings (SSSR count). The zero-order valence-corrected chi connectivity index (χ0v) is 10.3. The van der Waals surface area contributed by atoms with E-state index in [0.29, 0.717) is 12.1 Å². The molecule has 5 nitrogen and oxygen atoms in total. The molecule has 0 spiro atoms. The van der Waals surface area contributed by atoms with Crippen LogP contribution in [0.4, 0.5) is 0 Å². The topological polar surface area (TPSA) is 67.4 Å². The number of rotatable bonds is 1. The van der Waals surface area contributed by atoms with Crippen LogP contribution >= 0.6 is 0 Å². The molecule has 2 heterocycles. The van der Waals surface area contributed by atoms with E-state index in [1.807, 2.05) is 12.1 Å². The number of nitrogens with one attached hydrogen (secondary N) is 1. The molecule has 2 N–H and O–H groups in total. The number of fused-ring (bicyclic) bond motifs is 1. The van der Waals surface area contributed by atoms with Gasteiger partial charge >= 0.3 is 5.76 Å². The van der Waals surface area contributed by atoms with Crippen molar-refractivity contribution in [1.82, 2.24) is 9.88 Å². The second-order valence-corrected chi connectivity index (χ2v) is 4.92. The molecule has 2 aromatic rings. The molecule has 1 aromatic carbocycles. The highest BCUT2D eigenvalue weighted by Gasteiger charge is 2.31. The lowest BCUT2D eigenvalue weighted by Gasteiger charge is -2.33. The highest BCUT2D eigenvalue weighted by atomic mass is 16.4. The summed E-state index contributed by atoms with van der Waals surface area (Å²) in [5, 5.41) is 13.8. The van der Waals surface area contributed by atoms with E-state index in [1.54, 1.807) is 13.1 Å². The molecule has 0 saturated carbocycles. The molecule has 1 aromatic heterocycles. The fourth-order valence-electron chi connectivity index (χ4n) is 2.56. The minimum absolute atomic E-state index is 0.379. The number of benzene rings is 1. The fourth-order valence-corrected chi connectivity index (χ4v) is 2.56. The first kappa shape index (κ1) is 11.5. The Hall–Kier alpha value is -1.59. The molecule has 5 heteroatoms. The van der Waals surface area contributed by atoms with Crippen molar-refractivity contribution in [3.05, 3.63) is 34.3 Å². The Balaban J connectivity index is 2.10. The molecule has 1 fully saturated rings. The molecule has 0 amide bonds. The first-order chi connectivity index (χ1) is 8.60. The number of nitrogens with zero attached hydrogens (tertiary/aromatic N) is 1. The van der Waals surface area contributed by atoms with Crippen LogP contribution in [-0.4, -0.2) is 22.8 Å². The van der Waals surface area contributed by atoms with Crippen molar-refractivity contribution in [2.75, 3.05) is 13.1 Å². The molecule has 18 heavy (non-hydrogen) atoms. The number of oxazole rings is 1. The highest BCUT2D eigenvalue weighted by molar-refractivity contribution is 5.74. The lowest BCUT2D eigenvalue weighted by atomic mass is 9.86. The van der Waals surface area contributed by atoms with Gasteiger partial charge in [-0.1, -0.05) is 6.07 Å². The van der Waals surface area contributed by atoms with E-state index in [0.717, 1.165) is 30.5 Å². The maximum absolute atomic E-state index is 11.4. The Morgan fingerprint density at radius 2 is 2.33 bits per heavy atom. The third-order valence-corrected chi connectivity index (χ3v) is 3.69. The van der Waals surface area contributed by atoms with Crippen molar-refractivity contribution >= 4 is 11.1 Å². The number of aromatic nitrogens is 1. The molecule has 1 atom stereocenters. The Bertz CT molecular complexity index is 635. The monoisotopic (exact) mass is 248 g/mol. The van der Waals surface area contributed by atoms with Gasteiger partial charge < -0.3 is 14.8 Å². The van der Waals surface area contributed by atoms with Gasteiger partial charge in [-0.25, -0.2) is 4.79 Å². The van der Waals surface area contributed by atoms with Crippen molar-refractivity contribution in [3.8, 4) is 0 Å². The number of piperidine rings is 1. The van der Waals surface area contributed by atoms with Gasteiger partial charge in [0.25, 0.3) is 0 Å². The molecule has 1 aliphatic rings. The molecule has 0 aliphatic carbocycles. The number of β-amino-alcohol motifs (C(OH)–C–C–N with tert-alkyl or cyclic N) is 1. The Kier molecular flexibility index (Phi) is 2.53. The van der Waals surface area contributed by atoms with Gasteiger partial charge in [0.1, 0.15) is 5.60 Å². The van der Waals surface area contributed by atoms with E-state index >= 15 is 0 Å². The molecule has 0 radical (unpaired) electrons. The van der Waals surface area contributed by atoms with Crippen LogP contribution in [-0.2, 0) is 12.6 Å². The van der Waals surface area contributed by atoms with Gasteiger partial charge in [-0.15, -0.1) is 0 Å². The average molecular weight is 248 g/mol. The zero-order valence-electron chi connectivity index (χ0n) is 10.3. The molecule has 1 saturated heterocycles. The second-order valence-electron chi connectivity index (χ2n) is 4.92. The van der Waals surface area contributed by atoms with Crippen molar-refractivity contribution in [3.63, 3.8) is 0 Å².